The van der Waals surface area contributed by atoms with Crippen LogP contribution in [0.3, 0.4) is 0 Å². The van der Waals surface area contributed by atoms with Gasteiger partial charge in [0, 0.05) is 23.5 Å². The first-order valence-electron chi connectivity index (χ1n) is 5.32. The zero-order valence-electron chi connectivity index (χ0n) is 10.1. The minimum atomic E-state index is -0.718. The highest BCUT2D eigenvalue weighted by molar-refractivity contribution is 6.45. The topological polar surface area (TPSA) is 68.1 Å². The SMILES string of the molecule is COC(=O)C(N)Cc1c[nH]c2ccc(Cl)c(Cl)c12.Cl. The van der Waals surface area contributed by atoms with Crippen LogP contribution in [0.4, 0.5) is 0 Å². The maximum atomic E-state index is 11.3. The molecule has 0 saturated heterocycles. The van der Waals surface area contributed by atoms with Gasteiger partial charge in [0.1, 0.15) is 6.04 Å². The summed E-state index contributed by atoms with van der Waals surface area (Å²) in [5.41, 5.74) is 7.43. The minimum Gasteiger partial charge on any atom is -0.468 e. The molecular formula is C12H13Cl3N2O2. The number of fused-ring (bicyclic) bond motifs is 1. The molecule has 3 N–H and O–H groups in total. The number of aromatic amines is 1. The molecule has 0 spiro atoms. The maximum Gasteiger partial charge on any atom is 0.322 e. The Morgan fingerprint density at radius 3 is 2.79 bits per heavy atom. The third-order valence-corrected chi connectivity index (χ3v) is 3.57. The van der Waals surface area contributed by atoms with Crippen molar-refractivity contribution in [2.24, 2.45) is 5.73 Å². The monoisotopic (exact) mass is 322 g/mol. The van der Waals surface area contributed by atoms with Crippen molar-refractivity contribution in [3.05, 3.63) is 33.9 Å². The molecule has 1 heterocycles. The number of carbonyl (C=O) groups is 1. The largest absolute Gasteiger partial charge is 0.468 e. The summed E-state index contributed by atoms with van der Waals surface area (Å²) in [5.74, 6) is -0.456. The van der Waals surface area contributed by atoms with Gasteiger partial charge in [0.05, 0.1) is 17.2 Å². The van der Waals surface area contributed by atoms with Crippen LogP contribution in [-0.2, 0) is 16.0 Å². The number of aromatic nitrogens is 1. The van der Waals surface area contributed by atoms with Crippen molar-refractivity contribution in [2.45, 2.75) is 12.5 Å². The Bertz CT molecular complexity index is 598. The summed E-state index contributed by atoms with van der Waals surface area (Å²) < 4.78 is 4.59. The van der Waals surface area contributed by atoms with Gasteiger partial charge in [-0.25, -0.2) is 0 Å². The van der Waals surface area contributed by atoms with Crippen molar-refractivity contribution in [2.75, 3.05) is 7.11 Å². The van der Waals surface area contributed by atoms with Gasteiger partial charge in [0.2, 0.25) is 0 Å². The molecule has 1 unspecified atom stereocenters. The molecule has 0 aliphatic rings. The number of hydrogen-bond donors (Lipinski definition) is 2. The summed E-state index contributed by atoms with van der Waals surface area (Å²) in [5, 5.41) is 1.72. The summed E-state index contributed by atoms with van der Waals surface area (Å²) in [7, 11) is 1.31. The van der Waals surface area contributed by atoms with Gasteiger partial charge in [-0.1, -0.05) is 23.2 Å². The number of esters is 1. The third kappa shape index (κ3) is 3.15. The molecule has 0 aliphatic heterocycles. The van der Waals surface area contributed by atoms with Crippen molar-refractivity contribution in [1.29, 1.82) is 0 Å². The molecule has 1 atom stereocenters. The number of nitrogens with two attached hydrogens (primary N) is 1. The summed E-state index contributed by atoms with van der Waals surface area (Å²) in [6.07, 6.45) is 2.11. The van der Waals surface area contributed by atoms with Crippen molar-refractivity contribution in [1.82, 2.24) is 4.98 Å². The molecule has 0 radical (unpaired) electrons. The summed E-state index contributed by atoms with van der Waals surface area (Å²) in [6, 6.07) is 2.83. The second-order valence-electron chi connectivity index (χ2n) is 3.93. The van der Waals surface area contributed by atoms with Gasteiger partial charge in [-0.15, -0.1) is 12.4 Å². The number of methoxy groups -OCH3 is 1. The molecule has 2 aromatic rings. The van der Waals surface area contributed by atoms with E-state index in [1.54, 1.807) is 12.3 Å². The van der Waals surface area contributed by atoms with Gasteiger partial charge < -0.3 is 15.5 Å². The van der Waals surface area contributed by atoms with Crippen molar-refractivity contribution >= 4 is 52.5 Å². The molecule has 0 fully saturated rings. The molecule has 104 valence electrons. The normalized spacial score (nSPS) is 12.0. The number of halogens is 3. The standard InChI is InChI=1S/C12H12Cl2N2O2.ClH/c1-18-12(17)8(15)4-6-5-16-9-3-2-7(13)11(14)10(6)9;/h2-3,5,8,16H,4,15H2,1H3;1H. The van der Waals surface area contributed by atoms with Gasteiger partial charge in [-0.3, -0.25) is 4.79 Å². The van der Waals surface area contributed by atoms with Crippen LogP contribution in [-0.4, -0.2) is 24.1 Å². The van der Waals surface area contributed by atoms with E-state index in [2.05, 4.69) is 9.72 Å². The molecule has 19 heavy (non-hydrogen) atoms. The Kier molecular flexibility index (Phi) is 5.50. The van der Waals surface area contributed by atoms with Crippen LogP contribution in [0, 0.1) is 0 Å². The zero-order chi connectivity index (χ0) is 13.3. The smallest absolute Gasteiger partial charge is 0.322 e. The van der Waals surface area contributed by atoms with Crippen molar-refractivity contribution < 1.29 is 9.53 Å². The van der Waals surface area contributed by atoms with Crippen LogP contribution < -0.4 is 5.73 Å². The summed E-state index contributed by atoms with van der Waals surface area (Å²) >= 11 is 12.1. The maximum absolute atomic E-state index is 11.3. The molecular weight excluding hydrogens is 311 g/mol. The lowest BCUT2D eigenvalue weighted by Crippen LogP contribution is -2.33. The fraction of sp³-hybridized carbons (Fsp3) is 0.250. The second-order valence-corrected chi connectivity index (χ2v) is 4.72. The van der Waals surface area contributed by atoms with Crippen molar-refractivity contribution in [3.8, 4) is 0 Å². The van der Waals surface area contributed by atoms with Gasteiger partial charge >= 0.3 is 5.97 Å². The van der Waals surface area contributed by atoms with E-state index < -0.39 is 12.0 Å². The average molecular weight is 324 g/mol. The molecule has 0 amide bonds. The Balaban J connectivity index is 0.00000180. The van der Waals surface area contributed by atoms with E-state index >= 15 is 0 Å². The van der Waals surface area contributed by atoms with Crippen LogP contribution in [0.2, 0.25) is 10.0 Å². The van der Waals surface area contributed by atoms with Crippen LogP contribution >= 0.6 is 35.6 Å². The third-order valence-electron chi connectivity index (χ3n) is 2.76. The van der Waals surface area contributed by atoms with Gasteiger partial charge in [-0.05, 0) is 17.7 Å². The van der Waals surface area contributed by atoms with E-state index in [1.165, 1.54) is 7.11 Å². The Labute approximate surface area is 126 Å². The first-order chi connectivity index (χ1) is 8.54. The van der Waals surface area contributed by atoms with Gasteiger partial charge in [-0.2, -0.15) is 0 Å². The van der Waals surface area contributed by atoms with Gasteiger partial charge in [0.25, 0.3) is 0 Å². The number of H-pyrrole nitrogens is 1. The first-order valence-corrected chi connectivity index (χ1v) is 6.07. The predicted molar refractivity (Wildman–Crippen MR) is 79.3 cm³/mol. The molecule has 1 aromatic carbocycles. The fourth-order valence-electron chi connectivity index (χ4n) is 1.85. The lowest BCUT2D eigenvalue weighted by molar-refractivity contribution is -0.142. The Morgan fingerprint density at radius 2 is 2.16 bits per heavy atom. The number of hydrogen-bond acceptors (Lipinski definition) is 3. The molecule has 0 saturated carbocycles. The van der Waals surface area contributed by atoms with E-state index in [0.717, 1.165) is 16.5 Å². The number of nitrogens with one attached hydrogen (secondary N) is 1. The van der Waals surface area contributed by atoms with E-state index in [4.69, 9.17) is 28.9 Å². The molecule has 4 nitrogen and oxygen atoms in total. The predicted octanol–water partition coefficient (Wildman–Crippen LogP) is 2.94. The highest BCUT2D eigenvalue weighted by atomic mass is 35.5. The van der Waals surface area contributed by atoms with Crippen LogP contribution in [0.5, 0.6) is 0 Å². The second kappa shape index (κ2) is 6.48. The lowest BCUT2D eigenvalue weighted by atomic mass is 10.1. The quantitative estimate of drug-likeness (QED) is 0.853. The highest BCUT2D eigenvalue weighted by Crippen LogP contribution is 2.33. The summed E-state index contributed by atoms with van der Waals surface area (Å²) in [4.78, 5) is 14.4. The number of carbonyl (C=O) groups excluding carboxylic acids is 1. The molecule has 2 rings (SSSR count). The van der Waals surface area contributed by atoms with Crippen LogP contribution in [0.1, 0.15) is 5.56 Å². The van der Waals surface area contributed by atoms with E-state index in [-0.39, 0.29) is 12.4 Å². The highest BCUT2D eigenvalue weighted by Gasteiger charge is 2.18. The molecule has 0 aliphatic carbocycles. The molecule has 7 heteroatoms. The van der Waals surface area contributed by atoms with E-state index in [0.29, 0.717) is 16.5 Å². The minimum absolute atomic E-state index is 0. The average Bonchev–Trinajstić information content (AvgIpc) is 2.76. The zero-order valence-corrected chi connectivity index (χ0v) is 12.4. The Hall–Kier alpha value is -0.940. The number of ether oxygens (including phenoxy) is 1. The fourth-order valence-corrected chi connectivity index (χ4v) is 2.30. The number of rotatable bonds is 3. The van der Waals surface area contributed by atoms with E-state index in [9.17, 15) is 4.79 Å². The lowest BCUT2D eigenvalue weighted by Gasteiger charge is -2.08. The first kappa shape index (κ1) is 16.1. The van der Waals surface area contributed by atoms with Gasteiger partial charge in [0.15, 0.2) is 0 Å². The summed E-state index contributed by atoms with van der Waals surface area (Å²) in [6.45, 7) is 0. The molecule has 1 aromatic heterocycles. The Morgan fingerprint density at radius 1 is 1.47 bits per heavy atom. The van der Waals surface area contributed by atoms with E-state index in [1.807, 2.05) is 6.07 Å². The number of benzene rings is 1. The van der Waals surface area contributed by atoms with Crippen LogP contribution in [0.25, 0.3) is 10.9 Å². The molecule has 0 bridgehead atoms. The van der Waals surface area contributed by atoms with Crippen LogP contribution in [0.15, 0.2) is 18.3 Å². The van der Waals surface area contributed by atoms with Crippen molar-refractivity contribution in [3.63, 3.8) is 0 Å².